The Bertz CT molecular complexity index is 479. The van der Waals surface area contributed by atoms with Crippen LogP contribution in [0.15, 0.2) is 24.3 Å². The summed E-state index contributed by atoms with van der Waals surface area (Å²) in [5, 5.41) is 0. The molecular formula is C17H27N3O. The summed E-state index contributed by atoms with van der Waals surface area (Å²) in [4.78, 5) is 16.7. The van der Waals surface area contributed by atoms with Gasteiger partial charge in [-0.2, -0.15) is 0 Å². The molecule has 0 radical (unpaired) electrons. The highest BCUT2D eigenvalue weighted by atomic mass is 16.2. The van der Waals surface area contributed by atoms with Gasteiger partial charge in [-0.05, 0) is 50.3 Å². The fraction of sp³-hybridized carbons (Fsp3) is 0.588. The number of anilines is 1. The van der Waals surface area contributed by atoms with Crippen molar-refractivity contribution in [1.29, 1.82) is 0 Å². The van der Waals surface area contributed by atoms with E-state index in [9.17, 15) is 4.79 Å². The number of amides is 2. The van der Waals surface area contributed by atoms with Crippen LogP contribution in [0.5, 0.6) is 0 Å². The summed E-state index contributed by atoms with van der Waals surface area (Å²) >= 11 is 0. The maximum absolute atomic E-state index is 12.8. The van der Waals surface area contributed by atoms with Gasteiger partial charge in [-0.3, -0.25) is 0 Å². The molecule has 0 aromatic heterocycles. The molecule has 0 bridgehead atoms. The summed E-state index contributed by atoms with van der Waals surface area (Å²) in [5.41, 5.74) is 7.66. The summed E-state index contributed by atoms with van der Waals surface area (Å²) in [6.07, 6.45) is 2.21. The molecule has 0 atom stereocenters. The molecule has 0 aliphatic carbocycles. The van der Waals surface area contributed by atoms with Gasteiger partial charge in [0.2, 0.25) is 0 Å². The smallest absolute Gasteiger partial charge is 0.320 e. The molecular weight excluding hydrogens is 262 g/mol. The molecule has 0 saturated carbocycles. The molecule has 1 saturated heterocycles. The molecule has 1 aromatic rings. The molecule has 1 aliphatic heterocycles. The molecule has 4 nitrogen and oxygen atoms in total. The number of nitrogen functional groups attached to an aromatic ring is 1. The molecule has 2 rings (SSSR count). The Morgan fingerprint density at radius 3 is 2.62 bits per heavy atom. The topological polar surface area (TPSA) is 49.6 Å². The van der Waals surface area contributed by atoms with E-state index in [4.69, 9.17) is 5.73 Å². The lowest BCUT2D eigenvalue weighted by Gasteiger charge is -2.36. The van der Waals surface area contributed by atoms with Crippen LogP contribution < -0.4 is 5.73 Å². The number of hydrogen-bond donors (Lipinski definition) is 1. The molecule has 1 fully saturated rings. The predicted octanol–water partition coefficient (Wildman–Crippen LogP) is 3.33. The molecule has 21 heavy (non-hydrogen) atoms. The third-order valence-corrected chi connectivity index (χ3v) is 4.23. The van der Waals surface area contributed by atoms with Gasteiger partial charge in [-0.15, -0.1) is 0 Å². The van der Waals surface area contributed by atoms with Crippen molar-refractivity contribution in [2.24, 2.45) is 5.92 Å². The lowest BCUT2D eigenvalue weighted by Crippen LogP contribution is -2.48. The molecule has 2 amide bonds. The minimum absolute atomic E-state index is 0.152. The van der Waals surface area contributed by atoms with Crippen molar-refractivity contribution in [3.63, 3.8) is 0 Å². The van der Waals surface area contributed by atoms with Crippen LogP contribution in [0.4, 0.5) is 10.5 Å². The fourth-order valence-electron chi connectivity index (χ4n) is 2.74. The van der Waals surface area contributed by atoms with Crippen molar-refractivity contribution < 1.29 is 4.79 Å². The maximum atomic E-state index is 12.8. The minimum Gasteiger partial charge on any atom is -0.399 e. The van der Waals surface area contributed by atoms with E-state index in [-0.39, 0.29) is 12.1 Å². The van der Waals surface area contributed by atoms with Crippen LogP contribution in [0.3, 0.4) is 0 Å². The zero-order valence-electron chi connectivity index (χ0n) is 13.4. The molecule has 116 valence electrons. The second-order valence-electron chi connectivity index (χ2n) is 6.42. The van der Waals surface area contributed by atoms with Crippen molar-refractivity contribution in [3.05, 3.63) is 29.8 Å². The first kappa shape index (κ1) is 15.7. The standard InChI is InChI=1S/C17H27N3O/c1-13(2)20(12-15-5-4-6-16(18)11-15)17(21)19-9-7-14(3)8-10-19/h4-6,11,13-14H,7-10,12,18H2,1-3H3. The number of piperidine rings is 1. The second kappa shape index (κ2) is 6.83. The number of nitrogens with two attached hydrogens (primary N) is 1. The van der Waals surface area contributed by atoms with Gasteiger partial charge >= 0.3 is 6.03 Å². The molecule has 2 N–H and O–H groups in total. The third-order valence-electron chi connectivity index (χ3n) is 4.23. The van der Waals surface area contributed by atoms with Crippen molar-refractivity contribution >= 4 is 11.7 Å². The van der Waals surface area contributed by atoms with E-state index < -0.39 is 0 Å². The zero-order chi connectivity index (χ0) is 15.4. The van der Waals surface area contributed by atoms with Crippen LogP contribution in [0.2, 0.25) is 0 Å². The van der Waals surface area contributed by atoms with Gasteiger partial charge in [-0.1, -0.05) is 19.1 Å². The van der Waals surface area contributed by atoms with Crippen LogP contribution in [0.25, 0.3) is 0 Å². The van der Waals surface area contributed by atoms with Crippen molar-refractivity contribution in [2.75, 3.05) is 18.8 Å². The van der Waals surface area contributed by atoms with Gasteiger partial charge < -0.3 is 15.5 Å². The van der Waals surface area contributed by atoms with Gasteiger partial charge in [-0.25, -0.2) is 4.79 Å². The number of rotatable bonds is 3. The van der Waals surface area contributed by atoms with Gasteiger partial charge in [0.05, 0.1) is 0 Å². The lowest BCUT2D eigenvalue weighted by molar-refractivity contribution is 0.121. The van der Waals surface area contributed by atoms with Crippen LogP contribution in [0, 0.1) is 5.92 Å². The summed E-state index contributed by atoms with van der Waals surface area (Å²) in [6, 6.07) is 8.11. The van der Waals surface area contributed by atoms with E-state index in [0.717, 1.165) is 43.1 Å². The van der Waals surface area contributed by atoms with Gasteiger partial charge in [0, 0.05) is 31.4 Å². The quantitative estimate of drug-likeness (QED) is 0.868. The fourth-order valence-corrected chi connectivity index (χ4v) is 2.74. The Kier molecular flexibility index (Phi) is 5.10. The number of urea groups is 1. The van der Waals surface area contributed by atoms with E-state index in [1.807, 2.05) is 34.1 Å². The first-order chi connectivity index (χ1) is 9.97. The van der Waals surface area contributed by atoms with E-state index >= 15 is 0 Å². The van der Waals surface area contributed by atoms with Gasteiger partial charge in [0.1, 0.15) is 0 Å². The Labute approximate surface area is 127 Å². The summed E-state index contributed by atoms with van der Waals surface area (Å²) in [6.45, 7) is 8.76. The third kappa shape index (κ3) is 4.13. The SMILES string of the molecule is CC1CCN(C(=O)N(Cc2cccc(N)c2)C(C)C)CC1. The predicted molar refractivity (Wildman–Crippen MR) is 86.9 cm³/mol. The molecule has 4 heteroatoms. The number of nitrogens with zero attached hydrogens (tertiary/aromatic N) is 2. The molecule has 1 aliphatic rings. The number of benzene rings is 1. The average molecular weight is 289 g/mol. The number of likely N-dealkylation sites (tertiary alicyclic amines) is 1. The van der Waals surface area contributed by atoms with Crippen LogP contribution in [0.1, 0.15) is 39.2 Å². The Hall–Kier alpha value is -1.71. The monoisotopic (exact) mass is 289 g/mol. The Morgan fingerprint density at radius 1 is 1.38 bits per heavy atom. The van der Waals surface area contributed by atoms with Crippen LogP contribution in [-0.2, 0) is 6.54 Å². The zero-order valence-corrected chi connectivity index (χ0v) is 13.4. The summed E-state index contributed by atoms with van der Waals surface area (Å²) in [5.74, 6) is 0.732. The van der Waals surface area contributed by atoms with E-state index in [1.165, 1.54) is 0 Å². The maximum Gasteiger partial charge on any atom is 0.320 e. The molecule has 0 unspecified atom stereocenters. The minimum atomic E-state index is 0.152. The number of carbonyl (C=O) groups is 1. The van der Waals surface area contributed by atoms with Gasteiger partial charge in [0.15, 0.2) is 0 Å². The van der Waals surface area contributed by atoms with Crippen LogP contribution in [-0.4, -0.2) is 35.0 Å². The second-order valence-corrected chi connectivity index (χ2v) is 6.42. The number of hydrogen-bond acceptors (Lipinski definition) is 2. The average Bonchev–Trinajstić information content (AvgIpc) is 2.44. The lowest BCUT2D eigenvalue weighted by atomic mass is 9.99. The van der Waals surface area contributed by atoms with Gasteiger partial charge in [0.25, 0.3) is 0 Å². The molecule has 1 aromatic carbocycles. The highest BCUT2D eigenvalue weighted by molar-refractivity contribution is 5.75. The highest BCUT2D eigenvalue weighted by Gasteiger charge is 2.26. The summed E-state index contributed by atoms with van der Waals surface area (Å²) in [7, 11) is 0. The first-order valence-electron chi connectivity index (χ1n) is 7.87. The van der Waals surface area contributed by atoms with E-state index in [0.29, 0.717) is 6.54 Å². The highest BCUT2D eigenvalue weighted by Crippen LogP contribution is 2.19. The van der Waals surface area contributed by atoms with Crippen molar-refractivity contribution in [2.45, 2.75) is 46.2 Å². The van der Waals surface area contributed by atoms with Crippen molar-refractivity contribution in [3.8, 4) is 0 Å². The number of carbonyl (C=O) groups excluding carboxylic acids is 1. The van der Waals surface area contributed by atoms with E-state index in [2.05, 4.69) is 20.8 Å². The Balaban J connectivity index is 2.06. The molecule has 1 heterocycles. The first-order valence-corrected chi connectivity index (χ1v) is 7.87. The normalized spacial score (nSPS) is 16.3. The van der Waals surface area contributed by atoms with Crippen molar-refractivity contribution in [1.82, 2.24) is 9.80 Å². The molecule has 0 spiro atoms. The van der Waals surface area contributed by atoms with Crippen LogP contribution >= 0.6 is 0 Å². The summed E-state index contributed by atoms with van der Waals surface area (Å²) < 4.78 is 0. The van der Waals surface area contributed by atoms with E-state index in [1.54, 1.807) is 0 Å². The Morgan fingerprint density at radius 2 is 2.05 bits per heavy atom. The largest absolute Gasteiger partial charge is 0.399 e.